The van der Waals surface area contributed by atoms with Crippen LogP contribution in [0.4, 0.5) is 0 Å². The Morgan fingerprint density at radius 2 is 2.23 bits per heavy atom. The maximum absolute atomic E-state index is 3.60. The highest BCUT2D eigenvalue weighted by molar-refractivity contribution is 4.80. The molecule has 2 atom stereocenters. The Bertz CT molecular complexity index is 136. The van der Waals surface area contributed by atoms with Gasteiger partial charge in [0.2, 0.25) is 0 Å². The van der Waals surface area contributed by atoms with Crippen molar-refractivity contribution in [3.05, 3.63) is 0 Å². The highest BCUT2D eigenvalue weighted by atomic mass is 15.2. The summed E-state index contributed by atoms with van der Waals surface area (Å²) in [5.41, 5.74) is 0. The van der Waals surface area contributed by atoms with E-state index in [0.717, 1.165) is 6.04 Å². The lowest BCUT2D eigenvalue weighted by atomic mass is 10.2. The van der Waals surface area contributed by atoms with Crippen LogP contribution < -0.4 is 5.32 Å². The molecule has 1 N–H and O–H groups in total. The second-order valence-electron chi connectivity index (χ2n) is 4.14. The van der Waals surface area contributed by atoms with Gasteiger partial charge >= 0.3 is 0 Å². The predicted octanol–water partition coefficient (Wildman–Crippen LogP) is 1.86. The fourth-order valence-electron chi connectivity index (χ4n) is 2.02. The Hall–Kier alpha value is -0.0800. The zero-order valence-electron chi connectivity index (χ0n) is 9.34. The lowest BCUT2D eigenvalue weighted by molar-refractivity contribution is 0.254. The van der Waals surface area contributed by atoms with Crippen LogP contribution in [0.5, 0.6) is 0 Å². The van der Waals surface area contributed by atoms with Crippen LogP contribution in [0.25, 0.3) is 0 Å². The van der Waals surface area contributed by atoms with E-state index >= 15 is 0 Å². The molecule has 1 fully saturated rings. The minimum atomic E-state index is 0.680. The van der Waals surface area contributed by atoms with Gasteiger partial charge in [0, 0.05) is 18.6 Å². The van der Waals surface area contributed by atoms with Gasteiger partial charge in [-0.05, 0) is 39.3 Å². The first-order chi connectivity index (χ1) is 6.27. The standard InChI is InChI=1S/C11H24N2/c1-4-10(3)12-9-11-7-6-8-13(11)5-2/h10-12H,4-9H2,1-3H3/t10-,11+/m0/s1. The van der Waals surface area contributed by atoms with Gasteiger partial charge in [-0.3, -0.25) is 4.90 Å². The highest BCUT2D eigenvalue weighted by Crippen LogP contribution is 2.15. The van der Waals surface area contributed by atoms with Gasteiger partial charge in [-0.25, -0.2) is 0 Å². The van der Waals surface area contributed by atoms with Crippen LogP contribution in [-0.2, 0) is 0 Å². The van der Waals surface area contributed by atoms with Crippen molar-refractivity contribution < 1.29 is 0 Å². The molecule has 1 heterocycles. The Balaban J connectivity index is 2.19. The van der Waals surface area contributed by atoms with Crippen molar-refractivity contribution >= 4 is 0 Å². The van der Waals surface area contributed by atoms with Crippen molar-refractivity contribution in [2.45, 2.75) is 52.1 Å². The van der Waals surface area contributed by atoms with E-state index in [2.05, 4.69) is 31.0 Å². The van der Waals surface area contributed by atoms with E-state index in [-0.39, 0.29) is 0 Å². The molecule has 0 bridgehead atoms. The molecule has 13 heavy (non-hydrogen) atoms. The lowest BCUT2D eigenvalue weighted by Crippen LogP contribution is -2.40. The minimum absolute atomic E-state index is 0.680. The topological polar surface area (TPSA) is 15.3 Å². The molecule has 0 aromatic carbocycles. The molecule has 0 saturated carbocycles. The predicted molar refractivity (Wildman–Crippen MR) is 58.0 cm³/mol. The summed E-state index contributed by atoms with van der Waals surface area (Å²) in [6, 6.07) is 1.48. The molecule has 1 aliphatic rings. The molecule has 1 rings (SSSR count). The van der Waals surface area contributed by atoms with Gasteiger partial charge in [-0.15, -0.1) is 0 Å². The van der Waals surface area contributed by atoms with E-state index in [9.17, 15) is 0 Å². The fraction of sp³-hybridized carbons (Fsp3) is 1.00. The second kappa shape index (κ2) is 5.61. The van der Waals surface area contributed by atoms with Gasteiger partial charge in [-0.2, -0.15) is 0 Å². The normalized spacial score (nSPS) is 26.5. The third-order valence-corrected chi connectivity index (χ3v) is 3.22. The Labute approximate surface area is 82.7 Å². The zero-order valence-corrected chi connectivity index (χ0v) is 9.34. The minimum Gasteiger partial charge on any atom is -0.313 e. The maximum Gasteiger partial charge on any atom is 0.0221 e. The number of hydrogen-bond acceptors (Lipinski definition) is 2. The van der Waals surface area contributed by atoms with Crippen molar-refractivity contribution in [1.29, 1.82) is 0 Å². The van der Waals surface area contributed by atoms with Gasteiger partial charge in [0.25, 0.3) is 0 Å². The largest absolute Gasteiger partial charge is 0.313 e. The molecule has 0 radical (unpaired) electrons. The van der Waals surface area contributed by atoms with Gasteiger partial charge in [0.15, 0.2) is 0 Å². The molecule has 1 aliphatic heterocycles. The van der Waals surface area contributed by atoms with E-state index in [0.29, 0.717) is 6.04 Å². The van der Waals surface area contributed by atoms with Gasteiger partial charge in [-0.1, -0.05) is 13.8 Å². The molecule has 0 spiro atoms. The average Bonchev–Trinajstić information content (AvgIpc) is 2.61. The molecule has 0 amide bonds. The average molecular weight is 184 g/mol. The zero-order chi connectivity index (χ0) is 9.68. The van der Waals surface area contributed by atoms with E-state index in [1.807, 2.05) is 0 Å². The first-order valence-corrected chi connectivity index (χ1v) is 5.75. The number of likely N-dealkylation sites (tertiary alicyclic amines) is 1. The Morgan fingerprint density at radius 3 is 2.85 bits per heavy atom. The third kappa shape index (κ3) is 3.28. The summed E-state index contributed by atoms with van der Waals surface area (Å²) in [6.07, 6.45) is 4.01. The van der Waals surface area contributed by atoms with E-state index in [1.165, 1.54) is 38.9 Å². The van der Waals surface area contributed by atoms with Crippen LogP contribution in [0.1, 0.15) is 40.0 Å². The maximum atomic E-state index is 3.60. The molecule has 78 valence electrons. The van der Waals surface area contributed by atoms with Crippen molar-refractivity contribution in [2.75, 3.05) is 19.6 Å². The Morgan fingerprint density at radius 1 is 1.46 bits per heavy atom. The number of nitrogens with one attached hydrogen (secondary N) is 1. The fourth-order valence-corrected chi connectivity index (χ4v) is 2.02. The number of rotatable bonds is 5. The summed E-state index contributed by atoms with van der Waals surface area (Å²) in [6.45, 7) is 10.5. The number of nitrogens with zero attached hydrogens (tertiary/aromatic N) is 1. The number of hydrogen-bond donors (Lipinski definition) is 1. The van der Waals surface area contributed by atoms with Crippen molar-refractivity contribution in [3.8, 4) is 0 Å². The molecule has 2 heteroatoms. The summed E-state index contributed by atoms with van der Waals surface area (Å²) in [5, 5.41) is 3.60. The molecule has 0 aliphatic carbocycles. The van der Waals surface area contributed by atoms with Crippen molar-refractivity contribution in [3.63, 3.8) is 0 Å². The second-order valence-corrected chi connectivity index (χ2v) is 4.14. The SMILES string of the molecule is CC[C@H](C)NC[C@H]1CCCN1CC. The molecule has 0 aromatic rings. The first-order valence-electron chi connectivity index (χ1n) is 5.75. The van der Waals surface area contributed by atoms with Crippen LogP contribution in [0.3, 0.4) is 0 Å². The monoisotopic (exact) mass is 184 g/mol. The molecular weight excluding hydrogens is 160 g/mol. The third-order valence-electron chi connectivity index (χ3n) is 3.22. The summed E-state index contributed by atoms with van der Waals surface area (Å²) in [4.78, 5) is 2.59. The Kier molecular flexibility index (Phi) is 4.74. The molecule has 2 nitrogen and oxygen atoms in total. The number of likely N-dealkylation sites (N-methyl/N-ethyl adjacent to an activating group) is 1. The molecule has 0 aromatic heterocycles. The summed E-state index contributed by atoms with van der Waals surface area (Å²) in [5.74, 6) is 0. The van der Waals surface area contributed by atoms with Crippen LogP contribution in [0.2, 0.25) is 0 Å². The van der Waals surface area contributed by atoms with Gasteiger partial charge in [0.05, 0.1) is 0 Å². The quantitative estimate of drug-likeness (QED) is 0.701. The van der Waals surface area contributed by atoms with Gasteiger partial charge < -0.3 is 5.32 Å². The first kappa shape index (κ1) is 11.0. The summed E-state index contributed by atoms with van der Waals surface area (Å²) < 4.78 is 0. The van der Waals surface area contributed by atoms with Crippen molar-refractivity contribution in [1.82, 2.24) is 10.2 Å². The molecular formula is C11H24N2. The van der Waals surface area contributed by atoms with Gasteiger partial charge in [0.1, 0.15) is 0 Å². The van der Waals surface area contributed by atoms with Crippen molar-refractivity contribution in [2.24, 2.45) is 0 Å². The smallest absolute Gasteiger partial charge is 0.0221 e. The molecule has 1 saturated heterocycles. The summed E-state index contributed by atoms with van der Waals surface area (Å²) >= 11 is 0. The van der Waals surface area contributed by atoms with Crippen LogP contribution >= 0.6 is 0 Å². The van der Waals surface area contributed by atoms with Crippen LogP contribution in [0.15, 0.2) is 0 Å². The summed E-state index contributed by atoms with van der Waals surface area (Å²) in [7, 11) is 0. The van der Waals surface area contributed by atoms with E-state index < -0.39 is 0 Å². The lowest BCUT2D eigenvalue weighted by Gasteiger charge is -2.24. The van der Waals surface area contributed by atoms with E-state index in [1.54, 1.807) is 0 Å². The van der Waals surface area contributed by atoms with Crippen LogP contribution in [0, 0.1) is 0 Å². The van der Waals surface area contributed by atoms with Crippen LogP contribution in [-0.4, -0.2) is 36.6 Å². The highest BCUT2D eigenvalue weighted by Gasteiger charge is 2.22. The molecule has 0 unspecified atom stereocenters. The van der Waals surface area contributed by atoms with E-state index in [4.69, 9.17) is 0 Å².